The second-order valence-electron chi connectivity index (χ2n) is 5.17. The van der Waals surface area contributed by atoms with Crippen LogP contribution in [0.4, 0.5) is 0 Å². The molecule has 116 valence electrons. The van der Waals surface area contributed by atoms with E-state index < -0.39 is 9.84 Å². The Hall–Kier alpha value is -0.720. The number of benzene rings is 1. The fraction of sp³-hybridized carbons (Fsp3) is 0.500. The van der Waals surface area contributed by atoms with Crippen molar-refractivity contribution in [3.63, 3.8) is 0 Å². The normalized spacial score (nSPS) is 21.9. The number of carbonyl (C=O) groups excluding carboxylic acids is 1. The number of amides is 1. The van der Waals surface area contributed by atoms with E-state index in [0.29, 0.717) is 17.2 Å². The van der Waals surface area contributed by atoms with Crippen molar-refractivity contribution in [2.45, 2.75) is 24.6 Å². The van der Waals surface area contributed by atoms with Crippen molar-refractivity contribution in [3.8, 4) is 0 Å². The molecule has 4 nitrogen and oxygen atoms in total. The molecule has 1 aliphatic rings. The summed E-state index contributed by atoms with van der Waals surface area (Å²) in [6.07, 6.45) is 0.519. The number of halogens is 1. The smallest absolute Gasteiger partial charge is 0.230 e. The van der Waals surface area contributed by atoms with E-state index in [-0.39, 0.29) is 28.7 Å². The average molecular weight is 348 g/mol. The molecule has 1 fully saturated rings. The Morgan fingerprint density at radius 2 is 2.10 bits per heavy atom. The zero-order chi connectivity index (χ0) is 15.5. The number of sulfone groups is 1. The first kappa shape index (κ1) is 16.6. The molecule has 0 aliphatic carbocycles. The number of thioether (sulfide) groups is 1. The maximum absolute atomic E-state index is 11.9. The minimum absolute atomic E-state index is 0.0656. The molecule has 0 radical (unpaired) electrons. The molecule has 1 aliphatic heterocycles. The van der Waals surface area contributed by atoms with E-state index in [1.165, 1.54) is 11.8 Å². The van der Waals surface area contributed by atoms with Gasteiger partial charge in [-0.05, 0) is 31.0 Å². The Kier molecular flexibility index (Phi) is 5.57. The molecule has 1 aromatic rings. The van der Waals surface area contributed by atoms with Crippen LogP contribution in [0.1, 0.15) is 24.2 Å². The van der Waals surface area contributed by atoms with Crippen LogP contribution in [0, 0.1) is 0 Å². The monoisotopic (exact) mass is 347 g/mol. The Labute approximate surface area is 134 Å². The molecule has 1 heterocycles. The maximum Gasteiger partial charge on any atom is 0.230 e. The average Bonchev–Trinajstić information content (AvgIpc) is 2.76. The van der Waals surface area contributed by atoms with Gasteiger partial charge in [0.2, 0.25) is 5.91 Å². The summed E-state index contributed by atoms with van der Waals surface area (Å²) in [5.74, 6) is 0.450. The van der Waals surface area contributed by atoms with Crippen molar-refractivity contribution in [3.05, 3.63) is 34.9 Å². The molecular formula is C14H18ClNO3S2. The summed E-state index contributed by atoms with van der Waals surface area (Å²) < 4.78 is 22.7. The van der Waals surface area contributed by atoms with Gasteiger partial charge >= 0.3 is 0 Å². The minimum atomic E-state index is -2.95. The van der Waals surface area contributed by atoms with Crippen molar-refractivity contribution in [1.82, 2.24) is 5.32 Å². The number of carbonyl (C=O) groups is 1. The lowest BCUT2D eigenvalue weighted by Gasteiger charge is -2.14. The molecule has 2 rings (SSSR count). The first-order valence-electron chi connectivity index (χ1n) is 6.72. The van der Waals surface area contributed by atoms with Crippen LogP contribution < -0.4 is 5.32 Å². The molecule has 0 saturated carbocycles. The Morgan fingerprint density at radius 3 is 2.67 bits per heavy atom. The van der Waals surface area contributed by atoms with Crippen molar-refractivity contribution in [2.24, 2.45) is 0 Å². The zero-order valence-electron chi connectivity index (χ0n) is 11.7. The van der Waals surface area contributed by atoms with Crippen LogP contribution in [0.5, 0.6) is 0 Å². The van der Waals surface area contributed by atoms with E-state index in [9.17, 15) is 13.2 Å². The van der Waals surface area contributed by atoms with E-state index in [2.05, 4.69) is 5.32 Å². The highest BCUT2D eigenvalue weighted by molar-refractivity contribution is 8.00. The topological polar surface area (TPSA) is 63.2 Å². The summed E-state index contributed by atoms with van der Waals surface area (Å²) in [6.45, 7) is 2.03. The van der Waals surface area contributed by atoms with Crippen LogP contribution in [0.2, 0.25) is 5.02 Å². The molecule has 1 aromatic carbocycles. The van der Waals surface area contributed by atoms with Crippen LogP contribution in [0.15, 0.2) is 24.3 Å². The molecule has 1 N–H and O–H groups in total. The number of rotatable bonds is 5. The van der Waals surface area contributed by atoms with Gasteiger partial charge in [-0.15, -0.1) is 11.8 Å². The predicted octanol–water partition coefficient (Wildman–Crippen LogP) is 2.44. The lowest BCUT2D eigenvalue weighted by molar-refractivity contribution is -0.119. The summed E-state index contributed by atoms with van der Waals surface area (Å²) in [5, 5.41) is 3.66. The Bertz CT molecular complexity index is 601. The minimum Gasteiger partial charge on any atom is -0.352 e. The van der Waals surface area contributed by atoms with E-state index >= 15 is 0 Å². The van der Waals surface area contributed by atoms with E-state index in [1.807, 2.05) is 31.2 Å². The third-order valence-corrected chi connectivity index (χ3v) is 6.62. The van der Waals surface area contributed by atoms with Gasteiger partial charge in [-0.1, -0.05) is 23.7 Å². The molecule has 0 spiro atoms. The van der Waals surface area contributed by atoms with Crippen LogP contribution in [0.25, 0.3) is 0 Å². The second kappa shape index (κ2) is 7.03. The van der Waals surface area contributed by atoms with Crippen molar-refractivity contribution < 1.29 is 13.2 Å². The maximum atomic E-state index is 11.9. The van der Waals surface area contributed by atoms with Gasteiger partial charge in [-0.2, -0.15) is 0 Å². The molecular weight excluding hydrogens is 330 g/mol. The quantitative estimate of drug-likeness (QED) is 0.888. The molecule has 0 aromatic heterocycles. The van der Waals surface area contributed by atoms with Crippen molar-refractivity contribution in [1.29, 1.82) is 0 Å². The van der Waals surface area contributed by atoms with Crippen LogP contribution in [-0.4, -0.2) is 37.6 Å². The molecule has 21 heavy (non-hydrogen) atoms. The Morgan fingerprint density at radius 1 is 1.43 bits per heavy atom. The number of hydrogen-bond donors (Lipinski definition) is 1. The van der Waals surface area contributed by atoms with E-state index in [4.69, 9.17) is 11.6 Å². The third kappa shape index (κ3) is 5.20. The fourth-order valence-corrected chi connectivity index (χ4v) is 4.84. The Balaban J connectivity index is 1.77. The third-order valence-electron chi connectivity index (χ3n) is 3.40. The highest BCUT2D eigenvalue weighted by atomic mass is 35.5. The highest BCUT2D eigenvalue weighted by Crippen LogP contribution is 2.28. The van der Waals surface area contributed by atoms with Gasteiger partial charge in [0.15, 0.2) is 9.84 Å². The summed E-state index contributed by atoms with van der Waals surface area (Å²) >= 11 is 7.36. The summed E-state index contributed by atoms with van der Waals surface area (Å²) in [6, 6.07) is 7.33. The van der Waals surface area contributed by atoms with Gasteiger partial charge in [-0.25, -0.2) is 8.42 Å². The summed E-state index contributed by atoms with van der Waals surface area (Å²) in [5.41, 5.74) is 1.11. The highest BCUT2D eigenvalue weighted by Gasteiger charge is 2.28. The largest absolute Gasteiger partial charge is 0.352 e. The van der Waals surface area contributed by atoms with Crippen molar-refractivity contribution in [2.75, 3.05) is 17.3 Å². The van der Waals surface area contributed by atoms with Crippen molar-refractivity contribution >= 4 is 39.1 Å². The van der Waals surface area contributed by atoms with E-state index in [1.54, 1.807) is 0 Å². The van der Waals surface area contributed by atoms with Gasteiger partial charge in [-0.3, -0.25) is 4.79 Å². The standard InChI is InChI=1S/C14H18ClNO3S2/c1-10(11-2-4-12(15)5-3-11)20-8-14(17)16-13-6-7-21(18,19)9-13/h2-5,10,13H,6-9H2,1H3,(H,16,17)/t10-,13-/m1/s1. The summed E-state index contributed by atoms with van der Waals surface area (Å²) in [7, 11) is -2.95. The SMILES string of the molecule is C[C@@H](SCC(=O)N[C@@H]1CCS(=O)(=O)C1)c1ccc(Cl)cc1. The first-order chi connectivity index (χ1) is 9.85. The van der Waals surface area contributed by atoms with Gasteiger partial charge in [0.25, 0.3) is 0 Å². The summed E-state index contributed by atoms with van der Waals surface area (Å²) in [4.78, 5) is 11.9. The fourth-order valence-electron chi connectivity index (χ4n) is 2.21. The molecule has 0 bridgehead atoms. The van der Waals surface area contributed by atoms with Crippen LogP contribution in [0.3, 0.4) is 0 Å². The second-order valence-corrected chi connectivity index (χ2v) is 9.17. The molecule has 1 amide bonds. The lowest BCUT2D eigenvalue weighted by atomic mass is 10.2. The van der Waals surface area contributed by atoms with Gasteiger partial charge < -0.3 is 5.32 Å². The van der Waals surface area contributed by atoms with Crippen LogP contribution >= 0.6 is 23.4 Å². The number of hydrogen-bond acceptors (Lipinski definition) is 4. The van der Waals surface area contributed by atoms with Gasteiger partial charge in [0.05, 0.1) is 17.3 Å². The molecule has 1 saturated heterocycles. The van der Waals surface area contributed by atoms with Gasteiger partial charge in [0, 0.05) is 16.3 Å². The molecule has 0 unspecified atom stereocenters. The number of nitrogens with one attached hydrogen (secondary N) is 1. The van der Waals surface area contributed by atoms with Crippen LogP contribution in [-0.2, 0) is 14.6 Å². The predicted molar refractivity (Wildman–Crippen MR) is 87.5 cm³/mol. The zero-order valence-corrected chi connectivity index (χ0v) is 14.1. The van der Waals surface area contributed by atoms with Gasteiger partial charge in [0.1, 0.15) is 0 Å². The molecule has 2 atom stereocenters. The molecule has 7 heteroatoms. The van der Waals surface area contributed by atoms with E-state index in [0.717, 1.165) is 5.56 Å². The first-order valence-corrected chi connectivity index (χ1v) is 9.97. The lowest BCUT2D eigenvalue weighted by Crippen LogP contribution is -2.36.